The molecule has 20 heavy (non-hydrogen) atoms. The lowest BCUT2D eigenvalue weighted by molar-refractivity contribution is 0.0953. The maximum absolute atomic E-state index is 12.0. The second-order valence-corrected chi connectivity index (χ2v) is 5.39. The molecule has 2 aromatic rings. The van der Waals surface area contributed by atoms with Crippen LogP contribution >= 0.6 is 11.8 Å². The molecule has 0 aliphatic carbocycles. The van der Waals surface area contributed by atoms with Gasteiger partial charge in [0.25, 0.3) is 5.91 Å². The van der Waals surface area contributed by atoms with E-state index in [1.165, 1.54) is 5.56 Å². The lowest BCUT2D eigenvalue weighted by Gasteiger charge is -2.06. The average Bonchev–Trinajstić information content (AvgIpc) is 2.97. The quantitative estimate of drug-likeness (QED) is 0.770. The minimum absolute atomic E-state index is 0.00704. The van der Waals surface area contributed by atoms with Crippen LogP contribution in [0.4, 0.5) is 0 Å². The van der Waals surface area contributed by atoms with Crippen LogP contribution in [0, 0.1) is 0 Å². The molecule has 0 saturated carbocycles. The van der Waals surface area contributed by atoms with E-state index in [9.17, 15) is 4.79 Å². The number of nitrogens with zero attached hydrogens (tertiary/aromatic N) is 1. The number of hydrogen-bond acceptors (Lipinski definition) is 3. The third-order valence-corrected chi connectivity index (χ3v) is 3.55. The van der Waals surface area contributed by atoms with Crippen molar-refractivity contribution in [1.82, 2.24) is 15.3 Å². The Kier molecular flexibility index (Phi) is 5.68. The minimum Gasteiger partial charge on any atom is -0.352 e. The van der Waals surface area contributed by atoms with Crippen LogP contribution in [0.25, 0.3) is 0 Å². The summed E-state index contributed by atoms with van der Waals surface area (Å²) in [6.45, 7) is 0.659. The molecule has 0 saturated heterocycles. The van der Waals surface area contributed by atoms with E-state index in [-0.39, 0.29) is 5.91 Å². The topological polar surface area (TPSA) is 57.8 Å². The number of aryl methyl sites for hydroxylation is 1. The molecule has 1 amide bonds. The highest BCUT2D eigenvalue weighted by Crippen LogP contribution is 2.11. The fourth-order valence-electron chi connectivity index (χ4n) is 1.96. The molecule has 0 radical (unpaired) electrons. The van der Waals surface area contributed by atoms with E-state index < -0.39 is 0 Å². The van der Waals surface area contributed by atoms with Crippen molar-refractivity contribution in [2.45, 2.75) is 18.6 Å². The minimum atomic E-state index is -0.00704. The molecule has 1 aromatic carbocycles. The third-order valence-electron chi connectivity index (χ3n) is 2.93. The number of carbonyl (C=O) groups is 1. The molecule has 0 atom stereocenters. The fourth-order valence-corrected chi connectivity index (χ4v) is 2.48. The Balaban J connectivity index is 1.78. The van der Waals surface area contributed by atoms with Crippen LogP contribution in [-0.4, -0.2) is 28.7 Å². The van der Waals surface area contributed by atoms with Gasteiger partial charge in [-0.25, -0.2) is 4.98 Å². The first-order valence-electron chi connectivity index (χ1n) is 6.64. The van der Waals surface area contributed by atoms with E-state index in [4.69, 9.17) is 0 Å². The lowest BCUT2D eigenvalue weighted by atomic mass is 10.1. The summed E-state index contributed by atoms with van der Waals surface area (Å²) in [5, 5.41) is 2.94. The van der Waals surface area contributed by atoms with Gasteiger partial charge in [-0.05, 0) is 30.4 Å². The first-order valence-corrected chi connectivity index (χ1v) is 8.03. The van der Waals surface area contributed by atoms with Gasteiger partial charge in [0.2, 0.25) is 0 Å². The first kappa shape index (κ1) is 14.7. The average molecular weight is 289 g/mol. The number of H-pyrrole nitrogens is 1. The number of aromatic nitrogens is 2. The Labute approximate surface area is 123 Å². The highest BCUT2D eigenvalue weighted by atomic mass is 32.2. The zero-order valence-corrected chi connectivity index (χ0v) is 12.4. The Bertz CT molecular complexity index is 540. The Hall–Kier alpha value is -1.75. The number of hydrogen-bond donors (Lipinski definition) is 2. The maximum Gasteiger partial charge on any atom is 0.251 e. The Morgan fingerprint density at radius 3 is 3.10 bits per heavy atom. The molecule has 0 fully saturated rings. The number of amides is 1. The molecule has 0 bridgehead atoms. The first-order chi connectivity index (χ1) is 9.79. The van der Waals surface area contributed by atoms with E-state index in [2.05, 4.69) is 21.5 Å². The summed E-state index contributed by atoms with van der Waals surface area (Å²) in [5.74, 6) is 1.88. The Morgan fingerprint density at radius 1 is 1.45 bits per heavy atom. The van der Waals surface area contributed by atoms with Crippen LogP contribution in [0.5, 0.6) is 0 Å². The van der Waals surface area contributed by atoms with Crippen LogP contribution < -0.4 is 5.32 Å². The largest absolute Gasteiger partial charge is 0.352 e. The normalized spacial score (nSPS) is 10.4. The Morgan fingerprint density at radius 2 is 2.35 bits per heavy atom. The second-order valence-electron chi connectivity index (χ2n) is 4.53. The van der Waals surface area contributed by atoms with Gasteiger partial charge in [-0.2, -0.15) is 11.8 Å². The summed E-state index contributed by atoms with van der Waals surface area (Å²) >= 11 is 1.75. The summed E-state index contributed by atoms with van der Waals surface area (Å²) < 4.78 is 0. The van der Waals surface area contributed by atoms with E-state index in [0.717, 1.165) is 30.0 Å². The van der Waals surface area contributed by atoms with Crippen molar-refractivity contribution >= 4 is 17.7 Å². The molecule has 2 rings (SSSR count). The van der Waals surface area contributed by atoms with Crippen LogP contribution in [0.15, 0.2) is 36.7 Å². The number of rotatable bonds is 7. The molecule has 1 aromatic heterocycles. The zero-order chi connectivity index (χ0) is 14.2. The molecule has 0 aliphatic heterocycles. The summed E-state index contributed by atoms with van der Waals surface area (Å²) in [5.41, 5.74) is 1.91. The van der Waals surface area contributed by atoms with Gasteiger partial charge in [-0.15, -0.1) is 0 Å². The number of nitrogens with one attached hydrogen (secondary N) is 2. The van der Waals surface area contributed by atoms with Gasteiger partial charge < -0.3 is 10.3 Å². The van der Waals surface area contributed by atoms with Crippen molar-refractivity contribution in [3.05, 3.63) is 53.6 Å². The highest BCUT2D eigenvalue weighted by molar-refractivity contribution is 7.97. The molecule has 4 nitrogen and oxygen atoms in total. The van der Waals surface area contributed by atoms with Crippen molar-refractivity contribution in [2.75, 3.05) is 12.8 Å². The van der Waals surface area contributed by atoms with Gasteiger partial charge in [0, 0.05) is 36.7 Å². The van der Waals surface area contributed by atoms with Gasteiger partial charge in [0.1, 0.15) is 5.82 Å². The van der Waals surface area contributed by atoms with E-state index in [0.29, 0.717) is 6.54 Å². The van der Waals surface area contributed by atoms with Gasteiger partial charge in [-0.3, -0.25) is 4.79 Å². The summed E-state index contributed by atoms with van der Waals surface area (Å²) in [7, 11) is 0. The predicted molar refractivity (Wildman–Crippen MR) is 82.9 cm³/mol. The summed E-state index contributed by atoms with van der Waals surface area (Å²) in [6, 6.07) is 7.79. The number of benzene rings is 1. The fraction of sp³-hybridized carbons (Fsp3) is 0.333. The van der Waals surface area contributed by atoms with Gasteiger partial charge in [0.05, 0.1) is 0 Å². The van der Waals surface area contributed by atoms with Crippen molar-refractivity contribution in [3.8, 4) is 0 Å². The van der Waals surface area contributed by atoms with Crippen molar-refractivity contribution < 1.29 is 4.79 Å². The predicted octanol–water partition coefficient (Wildman–Crippen LogP) is 2.64. The highest BCUT2D eigenvalue weighted by Gasteiger charge is 2.05. The molecule has 5 heteroatoms. The van der Waals surface area contributed by atoms with Crippen LogP contribution in [0.3, 0.4) is 0 Å². The summed E-state index contributed by atoms with van der Waals surface area (Å²) in [6.07, 6.45) is 7.33. The van der Waals surface area contributed by atoms with Crippen LogP contribution in [0.1, 0.15) is 28.2 Å². The van der Waals surface area contributed by atoms with Crippen LogP contribution in [-0.2, 0) is 12.2 Å². The van der Waals surface area contributed by atoms with Crippen molar-refractivity contribution in [3.63, 3.8) is 0 Å². The standard InChI is InChI=1S/C15H19N3OS/c1-20-11-12-4-2-5-13(10-12)15(19)18-7-3-6-14-16-8-9-17-14/h2,4-5,8-10H,3,6-7,11H2,1H3,(H,16,17)(H,18,19). The third kappa shape index (κ3) is 4.42. The summed E-state index contributed by atoms with van der Waals surface area (Å²) in [4.78, 5) is 19.2. The second kappa shape index (κ2) is 7.75. The van der Waals surface area contributed by atoms with Crippen molar-refractivity contribution in [1.29, 1.82) is 0 Å². The van der Waals surface area contributed by atoms with E-state index in [1.54, 1.807) is 18.0 Å². The van der Waals surface area contributed by atoms with E-state index >= 15 is 0 Å². The molecule has 2 N–H and O–H groups in total. The SMILES string of the molecule is CSCc1cccc(C(=O)NCCCc2ncc[nH]2)c1. The lowest BCUT2D eigenvalue weighted by Crippen LogP contribution is -2.24. The molecule has 0 spiro atoms. The molecule has 106 valence electrons. The molecular weight excluding hydrogens is 270 g/mol. The van der Waals surface area contributed by atoms with Crippen molar-refractivity contribution in [2.24, 2.45) is 0 Å². The number of imidazole rings is 1. The monoisotopic (exact) mass is 289 g/mol. The number of thioether (sulfide) groups is 1. The van der Waals surface area contributed by atoms with Gasteiger partial charge >= 0.3 is 0 Å². The van der Waals surface area contributed by atoms with Gasteiger partial charge in [-0.1, -0.05) is 12.1 Å². The number of carbonyl (C=O) groups excluding carboxylic acids is 1. The molecule has 0 unspecified atom stereocenters. The smallest absolute Gasteiger partial charge is 0.251 e. The van der Waals surface area contributed by atoms with E-state index in [1.807, 2.05) is 30.5 Å². The molecular formula is C15H19N3OS. The maximum atomic E-state index is 12.0. The number of aromatic amines is 1. The molecule has 1 heterocycles. The zero-order valence-electron chi connectivity index (χ0n) is 11.6. The van der Waals surface area contributed by atoms with Crippen LogP contribution in [0.2, 0.25) is 0 Å². The van der Waals surface area contributed by atoms with Gasteiger partial charge in [0.15, 0.2) is 0 Å². The molecule has 0 aliphatic rings.